The second kappa shape index (κ2) is 4.44. The van der Waals surface area contributed by atoms with Gasteiger partial charge in [0.25, 0.3) is 0 Å². The standard InChI is InChI=1S/C11H17NO2/c1-7-6-10(4-5-14-12)8(2)9(3)11(7)13/h6,13H,4-5,12H2,1-3H3. The zero-order chi connectivity index (χ0) is 10.7. The predicted octanol–water partition coefficient (Wildman–Crippen LogP) is 1.75. The first-order valence-corrected chi connectivity index (χ1v) is 4.68. The Morgan fingerprint density at radius 1 is 1.29 bits per heavy atom. The average Bonchev–Trinajstić information content (AvgIpc) is 2.18. The normalized spacial score (nSPS) is 10.6. The first-order valence-electron chi connectivity index (χ1n) is 4.68. The van der Waals surface area contributed by atoms with Crippen LogP contribution in [0.4, 0.5) is 0 Å². The molecular formula is C11H17NO2. The molecule has 0 aliphatic rings. The van der Waals surface area contributed by atoms with E-state index in [4.69, 9.17) is 5.90 Å². The van der Waals surface area contributed by atoms with Gasteiger partial charge in [0.1, 0.15) is 5.75 Å². The van der Waals surface area contributed by atoms with Crippen molar-refractivity contribution < 1.29 is 9.94 Å². The Labute approximate surface area is 84.5 Å². The summed E-state index contributed by atoms with van der Waals surface area (Å²) in [6, 6.07) is 1.98. The van der Waals surface area contributed by atoms with Gasteiger partial charge in [0, 0.05) is 0 Å². The van der Waals surface area contributed by atoms with Crippen molar-refractivity contribution in [1.29, 1.82) is 0 Å². The molecular weight excluding hydrogens is 178 g/mol. The highest BCUT2D eigenvalue weighted by Crippen LogP contribution is 2.27. The summed E-state index contributed by atoms with van der Waals surface area (Å²) in [6.45, 7) is 6.32. The van der Waals surface area contributed by atoms with Crippen LogP contribution in [0.3, 0.4) is 0 Å². The topological polar surface area (TPSA) is 55.5 Å². The van der Waals surface area contributed by atoms with E-state index in [0.29, 0.717) is 12.4 Å². The Balaban J connectivity index is 3.06. The smallest absolute Gasteiger partial charge is 0.121 e. The molecule has 1 aromatic rings. The van der Waals surface area contributed by atoms with Crippen molar-refractivity contribution in [3.05, 3.63) is 28.3 Å². The van der Waals surface area contributed by atoms with Gasteiger partial charge in [-0.1, -0.05) is 6.07 Å². The quantitative estimate of drug-likeness (QED) is 0.722. The van der Waals surface area contributed by atoms with Crippen LogP contribution in [-0.4, -0.2) is 11.7 Å². The summed E-state index contributed by atoms with van der Waals surface area (Å²) in [6.07, 6.45) is 0.782. The number of rotatable bonds is 3. The van der Waals surface area contributed by atoms with Crippen molar-refractivity contribution in [3.8, 4) is 5.75 Å². The lowest BCUT2D eigenvalue weighted by Gasteiger charge is -2.12. The molecule has 0 fully saturated rings. The molecule has 0 atom stereocenters. The van der Waals surface area contributed by atoms with E-state index in [-0.39, 0.29) is 0 Å². The van der Waals surface area contributed by atoms with Gasteiger partial charge < -0.3 is 9.94 Å². The monoisotopic (exact) mass is 195 g/mol. The number of aryl methyl sites for hydroxylation is 1. The molecule has 0 spiro atoms. The first kappa shape index (κ1) is 11.0. The highest BCUT2D eigenvalue weighted by atomic mass is 16.6. The van der Waals surface area contributed by atoms with E-state index < -0.39 is 0 Å². The Kier molecular flexibility index (Phi) is 3.49. The lowest BCUT2D eigenvalue weighted by Crippen LogP contribution is -2.05. The van der Waals surface area contributed by atoms with Gasteiger partial charge in [0.15, 0.2) is 0 Å². The second-order valence-corrected chi connectivity index (χ2v) is 3.57. The first-order chi connectivity index (χ1) is 6.57. The van der Waals surface area contributed by atoms with Gasteiger partial charge in [-0.2, -0.15) is 0 Å². The lowest BCUT2D eigenvalue weighted by atomic mass is 9.97. The molecule has 1 rings (SSSR count). The summed E-state index contributed by atoms with van der Waals surface area (Å²) in [5, 5.41) is 9.68. The zero-order valence-electron chi connectivity index (χ0n) is 8.92. The molecule has 0 unspecified atom stereocenters. The largest absolute Gasteiger partial charge is 0.507 e. The molecule has 0 aromatic heterocycles. The highest BCUT2D eigenvalue weighted by molar-refractivity contribution is 5.48. The van der Waals surface area contributed by atoms with Crippen molar-refractivity contribution >= 4 is 0 Å². The number of nitrogens with two attached hydrogens (primary N) is 1. The summed E-state index contributed by atoms with van der Waals surface area (Å²) in [7, 11) is 0. The van der Waals surface area contributed by atoms with Crippen LogP contribution in [0.15, 0.2) is 6.07 Å². The van der Waals surface area contributed by atoms with Crippen molar-refractivity contribution in [3.63, 3.8) is 0 Å². The van der Waals surface area contributed by atoms with E-state index in [1.165, 1.54) is 5.56 Å². The fraction of sp³-hybridized carbons (Fsp3) is 0.455. The van der Waals surface area contributed by atoms with Crippen LogP contribution in [0.2, 0.25) is 0 Å². The molecule has 0 radical (unpaired) electrons. The van der Waals surface area contributed by atoms with Gasteiger partial charge in [-0.15, -0.1) is 0 Å². The molecule has 0 saturated carbocycles. The van der Waals surface area contributed by atoms with Gasteiger partial charge in [0.2, 0.25) is 0 Å². The summed E-state index contributed by atoms with van der Waals surface area (Å²) in [5.41, 5.74) is 4.14. The van der Waals surface area contributed by atoms with Crippen LogP contribution in [0.25, 0.3) is 0 Å². The number of hydrogen-bond acceptors (Lipinski definition) is 3. The second-order valence-electron chi connectivity index (χ2n) is 3.57. The summed E-state index contributed by atoms with van der Waals surface area (Å²) >= 11 is 0. The molecule has 3 N–H and O–H groups in total. The fourth-order valence-corrected chi connectivity index (χ4v) is 1.58. The minimum atomic E-state index is 0.389. The highest BCUT2D eigenvalue weighted by Gasteiger charge is 2.08. The third kappa shape index (κ3) is 2.05. The SMILES string of the molecule is Cc1cc(CCON)c(C)c(C)c1O. The van der Waals surface area contributed by atoms with Gasteiger partial charge in [-0.05, 0) is 49.4 Å². The molecule has 3 heteroatoms. The summed E-state index contributed by atoms with van der Waals surface area (Å²) < 4.78 is 0. The van der Waals surface area contributed by atoms with E-state index in [9.17, 15) is 5.11 Å². The number of benzene rings is 1. The van der Waals surface area contributed by atoms with Gasteiger partial charge >= 0.3 is 0 Å². The zero-order valence-corrected chi connectivity index (χ0v) is 8.92. The maximum Gasteiger partial charge on any atom is 0.121 e. The van der Waals surface area contributed by atoms with Crippen molar-refractivity contribution in [2.45, 2.75) is 27.2 Å². The molecule has 0 heterocycles. The Morgan fingerprint density at radius 3 is 2.50 bits per heavy atom. The fourth-order valence-electron chi connectivity index (χ4n) is 1.58. The third-order valence-corrected chi connectivity index (χ3v) is 2.65. The van der Waals surface area contributed by atoms with E-state index in [1.807, 2.05) is 26.8 Å². The summed E-state index contributed by atoms with van der Waals surface area (Å²) in [5.74, 6) is 5.37. The molecule has 0 aliphatic heterocycles. The maximum atomic E-state index is 9.68. The van der Waals surface area contributed by atoms with Crippen LogP contribution in [0.5, 0.6) is 5.75 Å². The number of phenolic OH excluding ortho intramolecular Hbond substituents is 1. The molecule has 1 aromatic carbocycles. The van der Waals surface area contributed by atoms with Crippen molar-refractivity contribution in [2.24, 2.45) is 5.90 Å². The van der Waals surface area contributed by atoms with Crippen LogP contribution >= 0.6 is 0 Å². The maximum absolute atomic E-state index is 9.68. The van der Waals surface area contributed by atoms with Crippen LogP contribution in [0, 0.1) is 20.8 Å². The van der Waals surface area contributed by atoms with E-state index in [0.717, 1.165) is 23.1 Å². The molecule has 0 amide bonds. The van der Waals surface area contributed by atoms with Crippen LogP contribution in [-0.2, 0) is 11.3 Å². The van der Waals surface area contributed by atoms with Crippen molar-refractivity contribution in [2.75, 3.05) is 6.61 Å². The van der Waals surface area contributed by atoms with E-state index in [1.54, 1.807) is 0 Å². The minimum Gasteiger partial charge on any atom is -0.507 e. The Bertz CT molecular complexity index is 335. The molecule has 0 bridgehead atoms. The lowest BCUT2D eigenvalue weighted by molar-refractivity contribution is 0.141. The molecule has 3 nitrogen and oxygen atoms in total. The molecule has 78 valence electrons. The van der Waals surface area contributed by atoms with E-state index in [2.05, 4.69) is 4.84 Å². The Hall–Kier alpha value is -1.06. The third-order valence-electron chi connectivity index (χ3n) is 2.65. The number of phenols is 1. The average molecular weight is 195 g/mol. The Morgan fingerprint density at radius 2 is 1.93 bits per heavy atom. The number of hydrogen-bond donors (Lipinski definition) is 2. The minimum absolute atomic E-state index is 0.389. The van der Waals surface area contributed by atoms with Gasteiger partial charge in [-0.3, -0.25) is 0 Å². The summed E-state index contributed by atoms with van der Waals surface area (Å²) in [4.78, 5) is 4.55. The molecule has 14 heavy (non-hydrogen) atoms. The van der Waals surface area contributed by atoms with Crippen molar-refractivity contribution in [1.82, 2.24) is 0 Å². The number of aromatic hydroxyl groups is 1. The van der Waals surface area contributed by atoms with Crippen LogP contribution < -0.4 is 5.90 Å². The predicted molar refractivity (Wildman–Crippen MR) is 56.2 cm³/mol. The van der Waals surface area contributed by atoms with Crippen LogP contribution in [0.1, 0.15) is 22.3 Å². The van der Waals surface area contributed by atoms with Gasteiger partial charge in [-0.25, -0.2) is 5.90 Å². The van der Waals surface area contributed by atoms with Gasteiger partial charge in [0.05, 0.1) is 6.61 Å². The molecule has 0 aliphatic carbocycles. The van der Waals surface area contributed by atoms with E-state index >= 15 is 0 Å². The molecule has 0 saturated heterocycles.